The quantitative estimate of drug-likeness (QED) is 0.488. The van der Waals surface area contributed by atoms with Gasteiger partial charge in [0.05, 0.1) is 22.7 Å². The third-order valence-electron chi connectivity index (χ3n) is 3.92. The molecule has 0 fully saturated rings. The number of nitrogens with zero attached hydrogens (tertiary/aromatic N) is 2. The first-order chi connectivity index (χ1) is 11.4. The average molecular weight is 343 g/mol. The molecule has 0 saturated heterocycles. The Hall–Kier alpha value is -2.54. The van der Waals surface area contributed by atoms with Crippen LogP contribution in [0.4, 0.5) is 11.4 Å². The van der Waals surface area contributed by atoms with Crippen molar-refractivity contribution in [3.63, 3.8) is 0 Å². The highest BCUT2D eigenvalue weighted by Crippen LogP contribution is 2.39. The molecule has 1 aliphatic heterocycles. The highest BCUT2D eigenvalue weighted by Gasteiger charge is 2.32. The van der Waals surface area contributed by atoms with E-state index in [0.29, 0.717) is 21.7 Å². The lowest BCUT2D eigenvalue weighted by molar-refractivity contribution is -0.384. The number of amides is 1. The van der Waals surface area contributed by atoms with Gasteiger partial charge in [-0.2, -0.15) is 0 Å². The summed E-state index contributed by atoms with van der Waals surface area (Å²) in [5.41, 5.74) is 1.57. The molecule has 1 unspecified atom stereocenters. The maximum atomic E-state index is 12.4. The number of nitro benzene ring substituents is 1. The van der Waals surface area contributed by atoms with E-state index >= 15 is 0 Å². The number of hydrogen-bond donors (Lipinski definition) is 0. The monoisotopic (exact) mass is 342 g/mol. The van der Waals surface area contributed by atoms with Gasteiger partial charge in [-0.15, -0.1) is 0 Å². The average Bonchev–Trinajstić information content (AvgIpc) is 2.56. The summed E-state index contributed by atoms with van der Waals surface area (Å²) in [4.78, 5) is 24.3. The summed E-state index contributed by atoms with van der Waals surface area (Å²) in [5.74, 6) is 0.0273. The van der Waals surface area contributed by atoms with Crippen LogP contribution in [0.15, 0.2) is 36.4 Å². The van der Waals surface area contributed by atoms with Crippen molar-refractivity contribution in [2.24, 2.45) is 0 Å². The highest BCUT2D eigenvalue weighted by atomic mass is 35.5. The van der Waals surface area contributed by atoms with Crippen molar-refractivity contribution >= 4 is 42.2 Å². The Labute approximate surface area is 144 Å². The number of rotatable bonds is 3. The molecule has 1 heterocycles. The van der Waals surface area contributed by atoms with Gasteiger partial charge in [-0.05, 0) is 30.7 Å². The van der Waals surface area contributed by atoms with Gasteiger partial charge in [0.2, 0.25) is 0 Å². The Morgan fingerprint density at radius 3 is 2.79 bits per heavy atom. The van der Waals surface area contributed by atoms with Crippen molar-refractivity contribution in [1.29, 1.82) is 0 Å². The Kier molecular flexibility index (Phi) is 4.19. The summed E-state index contributed by atoms with van der Waals surface area (Å²) in [6.07, 6.45) is 0. The molecule has 0 saturated carbocycles. The van der Waals surface area contributed by atoms with Crippen LogP contribution in [0.1, 0.15) is 18.5 Å². The maximum Gasteiger partial charge on any atom is 0.273 e. The Bertz CT molecular complexity index is 843. The maximum absolute atomic E-state index is 12.4. The number of carbonyl (C=O) groups excluding carboxylic acids is 1. The second-order valence-corrected chi connectivity index (χ2v) is 5.85. The van der Waals surface area contributed by atoms with E-state index in [4.69, 9.17) is 24.2 Å². The number of hydrogen-bond acceptors (Lipinski definition) is 4. The normalized spacial score (nSPS) is 14.8. The number of nitro groups is 1. The molecule has 1 amide bonds. The van der Waals surface area contributed by atoms with Crippen molar-refractivity contribution < 1.29 is 14.5 Å². The molecular formula is C16H12BClN2O4. The van der Waals surface area contributed by atoms with Crippen LogP contribution in [0.3, 0.4) is 0 Å². The molecule has 2 radical (unpaired) electrons. The van der Waals surface area contributed by atoms with Gasteiger partial charge in [-0.1, -0.05) is 23.1 Å². The molecule has 6 nitrogen and oxygen atoms in total. The molecule has 120 valence electrons. The minimum absolute atomic E-state index is 0.0991. The molecule has 0 spiro atoms. The van der Waals surface area contributed by atoms with Gasteiger partial charge in [-0.3, -0.25) is 19.8 Å². The lowest BCUT2D eigenvalue weighted by Gasteiger charge is -2.35. The van der Waals surface area contributed by atoms with Crippen LogP contribution in [0.5, 0.6) is 5.75 Å². The molecule has 1 aliphatic rings. The number of fused-ring (bicyclic) bond motifs is 1. The topological polar surface area (TPSA) is 72.7 Å². The van der Waals surface area contributed by atoms with Crippen molar-refractivity contribution in [2.45, 2.75) is 13.0 Å². The first-order valence-electron chi connectivity index (χ1n) is 7.16. The first kappa shape index (κ1) is 16.3. The standard InChI is InChI=1S/C16H12BClN2O4/c1-9(12-6-10(18)2-4-13(12)17)19-14-5-3-11(20(22)23)7-15(14)24-8-16(19)21/h2-7,9H,8H2,1H3. The van der Waals surface area contributed by atoms with Crippen LogP contribution in [-0.2, 0) is 4.79 Å². The fourth-order valence-electron chi connectivity index (χ4n) is 2.75. The molecule has 0 aromatic heterocycles. The molecule has 2 aromatic rings. The number of non-ortho nitro benzene ring substituents is 1. The molecule has 0 N–H and O–H groups in total. The molecule has 3 rings (SSSR count). The van der Waals surface area contributed by atoms with Crippen LogP contribution >= 0.6 is 11.6 Å². The molecule has 0 bridgehead atoms. The summed E-state index contributed by atoms with van der Waals surface area (Å²) < 4.78 is 5.34. The van der Waals surface area contributed by atoms with Crippen LogP contribution in [0, 0.1) is 10.1 Å². The van der Waals surface area contributed by atoms with Gasteiger partial charge in [0.25, 0.3) is 11.6 Å². The lowest BCUT2D eigenvalue weighted by Crippen LogP contribution is -2.41. The number of halogens is 1. The van der Waals surface area contributed by atoms with E-state index < -0.39 is 11.0 Å². The number of carbonyl (C=O) groups is 1. The molecule has 8 heteroatoms. The van der Waals surface area contributed by atoms with Gasteiger partial charge >= 0.3 is 0 Å². The number of benzene rings is 2. The van der Waals surface area contributed by atoms with E-state index in [2.05, 4.69) is 0 Å². The summed E-state index contributed by atoms with van der Waals surface area (Å²) in [5, 5.41) is 11.4. The number of anilines is 1. The van der Waals surface area contributed by atoms with E-state index in [9.17, 15) is 14.9 Å². The summed E-state index contributed by atoms with van der Waals surface area (Å²) in [7, 11) is 6.01. The van der Waals surface area contributed by atoms with E-state index in [1.54, 1.807) is 18.2 Å². The zero-order valence-electron chi connectivity index (χ0n) is 12.7. The summed E-state index contributed by atoms with van der Waals surface area (Å²) in [6, 6.07) is 8.80. The molecular weight excluding hydrogens is 330 g/mol. The first-order valence-corrected chi connectivity index (χ1v) is 7.54. The Morgan fingerprint density at radius 2 is 2.08 bits per heavy atom. The van der Waals surface area contributed by atoms with Gasteiger partial charge < -0.3 is 4.74 Å². The van der Waals surface area contributed by atoms with E-state index in [0.717, 1.165) is 0 Å². The largest absolute Gasteiger partial charge is 0.481 e. The van der Waals surface area contributed by atoms with Crippen LogP contribution in [-0.4, -0.2) is 25.3 Å². The van der Waals surface area contributed by atoms with Crippen molar-refractivity contribution in [3.8, 4) is 5.75 Å². The molecule has 24 heavy (non-hydrogen) atoms. The van der Waals surface area contributed by atoms with Gasteiger partial charge in [0.1, 0.15) is 7.85 Å². The second-order valence-electron chi connectivity index (χ2n) is 5.41. The summed E-state index contributed by atoms with van der Waals surface area (Å²) >= 11 is 6.03. The summed E-state index contributed by atoms with van der Waals surface area (Å²) in [6.45, 7) is 1.62. The predicted molar refractivity (Wildman–Crippen MR) is 91.3 cm³/mol. The smallest absolute Gasteiger partial charge is 0.273 e. The third kappa shape index (κ3) is 2.83. The van der Waals surface area contributed by atoms with Crippen molar-refractivity contribution in [3.05, 3.63) is 57.1 Å². The van der Waals surface area contributed by atoms with E-state index in [1.807, 2.05) is 6.92 Å². The van der Waals surface area contributed by atoms with Gasteiger partial charge in [-0.25, -0.2) is 0 Å². The Morgan fingerprint density at radius 1 is 1.33 bits per heavy atom. The fraction of sp³-hybridized carbons (Fsp3) is 0.188. The number of ether oxygens (including phenoxy) is 1. The zero-order chi connectivity index (χ0) is 17.4. The van der Waals surface area contributed by atoms with Crippen molar-refractivity contribution in [1.82, 2.24) is 0 Å². The zero-order valence-corrected chi connectivity index (χ0v) is 13.5. The molecule has 2 aromatic carbocycles. The van der Waals surface area contributed by atoms with Gasteiger partial charge in [0, 0.05) is 11.1 Å². The fourth-order valence-corrected chi connectivity index (χ4v) is 2.93. The van der Waals surface area contributed by atoms with Gasteiger partial charge in [0.15, 0.2) is 12.4 Å². The van der Waals surface area contributed by atoms with Crippen LogP contribution in [0.2, 0.25) is 5.02 Å². The van der Waals surface area contributed by atoms with Crippen LogP contribution < -0.4 is 15.1 Å². The molecule has 1 atom stereocenters. The lowest BCUT2D eigenvalue weighted by atomic mass is 9.87. The third-order valence-corrected chi connectivity index (χ3v) is 4.15. The van der Waals surface area contributed by atoms with Crippen molar-refractivity contribution in [2.75, 3.05) is 11.5 Å². The highest BCUT2D eigenvalue weighted by molar-refractivity contribution is 6.35. The van der Waals surface area contributed by atoms with E-state index in [-0.39, 0.29) is 24.0 Å². The molecule has 0 aliphatic carbocycles. The minimum atomic E-state index is -0.511. The second kappa shape index (κ2) is 6.16. The Balaban J connectivity index is 2.06. The van der Waals surface area contributed by atoms with Crippen LogP contribution in [0.25, 0.3) is 0 Å². The SMILES string of the molecule is [B]c1ccc(Cl)cc1C(C)N1C(=O)COc2cc([N+](=O)[O-])ccc21. The minimum Gasteiger partial charge on any atom is -0.481 e. The van der Waals surface area contributed by atoms with E-state index in [1.165, 1.54) is 23.1 Å². The predicted octanol–water partition coefficient (Wildman–Crippen LogP) is 2.53.